The number of nitrogens with zero attached hydrogens (tertiary/aromatic N) is 1. The quantitative estimate of drug-likeness (QED) is 0.562. The molecule has 10 heteroatoms. The molecule has 2 aliphatic carbocycles. The lowest BCUT2D eigenvalue weighted by Gasteiger charge is -2.43. The van der Waals surface area contributed by atoms with E-state index in [-0.39, 0.29) is 57.9 Å². The number of H-pyrrole nitrogens is 1. The number of carbonyl (C=O) groups is 3. The highest BCUT2D eigenvalue weighted by atomic mass is 35.5. The van der Waals surface area contributed by atoms with Gasteiger partial charge in [0, 0.05) is 21.1 Å². The van der Waals surface area contributed by atoms with Crippen LogP contribution in [-0.2, 0) is 14.4 Å². The van der Waals surface area contributed by atoms with Crippen LogP contribution in [0.15, 0.2) is 34.1 Å². The molecule has 2 N–H and O–H groups in total. The number of thioether (sulfide) groups is 1. The van der Waals surface area contributed by atoms with E-state index in [1.807, 2.05) is 38.1 Å². The number of carbonyl (C=O) groups excluding carboxylic acids is 2. The number of benzene rings is 1. The Morgan fingerprint density at radius 1 is 1.14 bits per heavy atom. The van der Waals surface area contributed by atoms with Crippen molar-refractivity contribution in [2.24, 2.45) is 35.5 Å². The number of aromatic nitrogens is 1. The zero-order valence-corrected chi connectivity index (χ0v) is 21.5. The topological polar surface area (TPSA) is 108 Å². The van der Waals surface area contributed by atoms with Gasteiger partial charge in [-0.1, -0.05) is 48.9 Å². The summed E-state index contributed by atoms with van der Waals surface area (Å²) < 4.78 is 0. The van der Waals surface area contributed by atoms with Gasteiger partial charge in [0.2, 0.25) is 11.8 Å². The van der Waals surface area contributed by atoms with Crippen molar-refractivity contribution >= 4 is 52.5 Å². The second kappa shape index (κ2) is 8.21. The van der Waals surface area contributed by atoms with Crippen LogP contribution in [0.2, 0.25) is 5.02 Å². The summed E-state index contributed by atoms with van der Waals surface area (Å²) in [5.41, 5.74) is 1.04. The number of hydrogen-bond acceptors (Lipinski definition) is 6. The first-order valence-corrected chi connectivity index (χ1v) is 14.0. The second-order valence-electron chi connectivity index (χ2n) is 10.5. The van der Waals surface area contributed by atoms with Crippen LogP contribution in [0.4, 0.5) is 0 Å². The van der Waals surface area contributed by atoms with Gasteiger partial charge in [-0.2, -0.15) is 0 Å². The Kier molecular flexibility index (Phi) is 5.47. The van der Waals surface area contributed by atoms with E-state index in [2.05, 4.69) is 4.98 Å². The van der Waals surface area contributed by atoms with Crippen LogP contribution in [0.3, 0.4) is 0 Å². The molecule has 4 aliphatic rings. The summed E-state index contributed by atoms with van der Waals surface area (Å²) in [4.78, 5) is 56.6. The molecular formula is C25H25ClN2O5S2. The molecule has 2 bridgehead atoms. The van der Waals surface area contributed by atoms with Crippen molar-refractivity contribution in [1.82, 2.24) is 9.88 Å². The normalized spacial score (nSPS) is 33.7. The Morgan fingerprint density at radius 2 is 1.80 bits per heavy atom. The monoisotopic (exact) mass is 532 g/mol. The summed E-state index contributed by atoms with van der Waals surface area (Å²) >= 11 is 8.98. The van der Waals surface area contributed by atoms with E-state index in [0.717, 1.165) is 26.8 Å². The number of aromatic amines is 1. The molecule has 2 aliphatic heterocycles. The molecule has 1 saturated heterocycles. The van der Waals surface area contributed by atoms with E-state index < -0.39 is 23.8 Å². The standard InChI is InChI=1S/C25H25ClN2O5S2/c1-9(2)7-14(24(31)32)28-22(29)17-12-8-13(18(17)23(28)30)19-16(12)15(10-3-5-11(26)6-4-10)20-21(34-19)27-25(33)35-20/h3-6,9,12-19H,7-8H2,1-2H3,(H,27,33)(H,31,32). The predicted molar refractivity (Wildman–Crippen MR) is 133 cm³/mol. The molecule has 35 heavy (non-hydrogen) atoms. The van der Waals surface area contributed by atoms with Crippen molar-refractivity contribution in [3.8, 4) is 0 Å². The van der Waals surface area contributed by atoms with Crippen molar-refractivity contribution in [1.29, 1.82) is 0 Å². The number of rotatable bonds is 5. The summed E-state index contributed by atoms with van der Waals surface area (Å²) in [5, 5.41) is 11.4. The largest absolute Gasteiger partial charge is 0.480 e. The summed E-state index contributed by atoms with van der Waals surface area (Å²) in [6, 6.07) is 6.52. The molecule has 1 aromatic carbocycles. The number of aliphatic carboxylic acids is 1. The van der Waals surface area contributed by atoms with Crippen LogP contribution in [0.1, 0.15) is 43.0 Å². The van der Waals surface area contributed by atoms with Crippen LogP contribution in [0.5, 0.6) is 0 Å². The molecule has 7 nitrogen and oxygen atoms in total. The molecule has 0 radical (unpaired) electrons. The predicted octanol–water partition coefficient (Wildman–Crippen LogP) is 4.06. The fourth-order valence-electron chi connectivity index (χ4n) is 7.15. The van der Waals surface area contributed by atoms with Gasteiger partial charge in [0.1, 0.15) is 6.04 Å². The molecule has 2 amide bonds. The van der Waals surface area contributed by atoms with Gasteiger partial charge >= 0.3 is 10.8 Å². The second-order valence-corrected chi connectivity index (χ2v) is 13.2. The van der Waals surface area contributed by atoms with Gasteiger partial charge in [-0.05, 0) is 54.2 Å². The average Bonchev–Trinajstić information content (AvgIpc) is 3.52. The Bertz CT molecular complexity index is 1290. The lowest BCUT2D eigenvalue weighted by atomic mass is 9.68. The van der Waals surface area contributed by atoms with E-state index in [4.69, 9.17) is 11.6 Å². The van der Waals surface area contributed by atoms with E-state index >= 15 is 0 Å². The number of imide groups is 1. The molecule has 8 atom stereocenters. The number of carboxylic acids is 1. The minimum Gasteiger partial charge on any atom is -0.480 e. The number of amides is 2. The molecule has 3 heterocycles. The van der Waals surface area contributed by atoms with Crippen molar-refractivity contribution in [3.05, 3.63) is 49.4 Å². The Morgan fingerprint density at radius 3 is 2.43 bits per heavy atom. The minimum absolute atomic E-state index is 0.0266. The molecule has 6 rings (SSSR count). The lowest BCUT2D eigenvalue weighted by molar-refractivity contribution is -0.156. The van der Waals surface area contributed by atoms with Crippen LogP contribution < -0.4 is 4.87 Å². The highest BCUT2D eigenvalue weighted by molar-refractivity contribution is 8.00. The third-order valence-electron chi connectivity index (χ3n) is 8.28. The van der Waals surface area contributed by atoms with Crippen molar-refractivity contribution in [3.63, 3.8) is 0 Å². The molecule has 1 aromatic heterocycles. The third-order valence-corrected chi connectivity index (χ3v) is 11.1. The number of likely N-dealkylation sites (tertiary alicyclic amines) is 1. The smallest absolute Gasteiger partial charge is 0.326 e. The summed E-state index contributed by atoms with van der Waals surface area (Å²) in [6.07, 6.45) is 1.02. The van der Waals surface area contributed by atoms with Crippen LogP contribution in [-0.4, -0.2) is 44.1 Å². The fourth-order valence-corrected chi connectivity index (χ4v) is 10.2. The SMILES string of the molecule is CC(C)CC(C(=O)O)N1C(=O)C2C3CC(C2C1=O)C1C(c2ccc(Cl)cc2)c2sc(=O)[nH]c2SC31. The van der Waals surface area contributed by atoms with Gasteiger partial charge in [0.15, 0.2) is 0 Å². The molecule has 2 saturated carbocycles. The first-order valence-electron chi connectivity index (χ1n) is 11.9. The molecule has 184 valence electrons. The molecule has 3 fully saturated rings. The van der Waals surface area contributed by atoms with Gasteiger partial charge in [-0.25, -0.2) is 4.79 Å². The van der Waals surface area contributed by atoms with Gasteiger partial charge < -0.3 is 10.1 Å². The first kappa shape index (κ1) is 23.3. The minimum atomic E-state index is -1.13. The number of nitrogens with one attached hydrogen (secondary N) is 1. The van der Waals surface area contributed by atoms with Gasteiger partial charge in [0.05, 0.1) is 16.9 Å². The summed E-state index contributed by atoms with van der Waals surface area (Å²) in [6.45, 7) is 3.79. The molecule has 2 aromatic rings. The van der Waals surface area contributed by atoms with Crippen molar-refractivity contribution in [2.45, 2.75) is 48.9 Å². The number of carboxylic acid groups (broad SMARTS) is 1. The molecule has 8 unspecified atom stereocenters. The van der Waals surface area contributed by atoms with Gasteiger partial charge in [0.25, 0.3) is 0 Å². The fraction of sp³-hybridized carbons (Fsp3) is 0.520. The number of fused-ring (bicyclic) bond motifs is 9. The number of thiazole rings is 1. The van der Waals surface area contributed by atoms with Crippen LogP contribution in [0.25, 0.3) is 0 Å². The maximum absolute atomic E-state index is 13.7. The highest BCUT2D eigenvalue weighted by Gasteiger charge is 2.70. The van der Waals surface area contributed by atoms with Crippen molar-refractivity contribution < 1.29 is 19.5 Å². The molecular weight excluding hydrogens is 508 g/mol. The Labute approximate surface area is 215 Å². The van der Waals surface area contributed by atoms with Crippen LogP contribution >= 0.6 is 34.7 Å². The van der Waals surface area contributed by atoms with E-state index in [0.29, 0.717) is 5.02 Å². The maximum Gasteiger partial charge on any atom is 0.326 e. The van der Waals surface area contributed by atoms with Crippen LogP contribution in [0, 0.1) is 35.5 Å². The maximum atomic E-state index is 13.7. The van der Waals surface area contributed by atoms with Gasteiger partial charge in [-0.3, -0.25) is 19.3 Å². The number of halogens is 1. The van der Waals surface area contributed by atoms with E-state index in [1.165, 1.54) is 11.3 Å². The molecule has 0 spiro atoms. The van der Waals surface area contributed by atoms with E-state index in [9.17, 15) is 24.3 Å². The summed E-state index contributed by atoms with van der Waals surface area (Å²) in [7, 11) is 0. The average molecular weight is 533 g/mol. The van der Waals surface area contributed by atoms with E-state index in [1.54, 1.807) is 11.8 Å². The van der Waals surface area contributed by atoms with Crippen molar-refractivity contribution in [2.75, 3.05) is 0 Å². The summed E-state index contributed by atoms with van der Waals surface area (Å²) in [5.74, 6) is -2.77. The Hall–Kier alpha value is -2.10. The Balaban J connectivity index is 1.42. The first-order chi connectivity index (χ1) is 16.7. The third kappa shape index (κ3) is 3.38. The number of hydrogen-bond donors (Lipinski definition) is 2. The zero-order valence-electron chi connectivity index (χ0n) is 19.1. The zero-order chi connectivity index (χ0) is 24.8. The highest BCUT2D eigenvalue weighted by Crippen LogP contribution is 2.68. The van der Waals surface area contributed by atoms with Gasteiger partial charge in [-0.15, -0.1) is 11.8 Å². The lowest BCUT2D eigenvalue weighted by Crippen LogP contribution is -2.47.